The largest absolute Gasteiger partial charge is 0.497 e. The van der Waals surface area contributed by atoms with Crippen molar-refractivity contribution in [3.05, 3.63) is 102 Å². The molecule has 0 spiro atoms. The molecule has 2 unspecified atom stereocenters. The average Bonchev–Trinajstić information content (AvgIpc) is 3.60. The molecule has 0 aromatic heterocycles. The van der Waals surface area contributed by atoms with Gasteiger partial charge in [-0.1, -0.05) is 86.6 Å². The highest BCUT2D eigenvalue weighted by Gasteiger charge is 2.56. The lowest BCUT2D eigenvalue weighted by Crippen LogP contribution is -2.56. The third kappa shape index (κ3) is 4.48. The number of nitrogens with one attached hydrogen (secondary N) is 1. The summed E-state index contributed by atoms with van der Waals surface area (Å²) < 4.78 is 27.4. The molecule has 0 radical (unpaired) electrons. The maximum atomic E-state index is 15.7. The number of aliphatic hydroxyl groups is 1. The van der Waals surface area contributed by atoms with Crippen molar-refractivity contribution in [1.82, 2.24) is 10.2 Å². The first-order valence-corrected chi connectivity index (χ1v) is 14.3. The van der Waals surface area contributed by atoms with Crippen LogP contribution in [0.1, 0.15) is 37.0 Å². The number of aliphatic hydroxyl groups excluding tert-OH is 1. The van der Waals surface area contributed by atoms with E-state index in [0.29, 0.717) is 12.3 Å². The van der Waals surface area contributed by atoms with Gasteiger partial charge in [-0.25, -0.2) is 14.4 Å². The van der Waals surface area contributed by atoms with Crippen LogP contribution in [0.15, 0.2) is 99.9 Å². The Bertz CT molecular complexity index is 1420. The van der Waals surface area contributed by atoms with E-state index in [9.17, 15) is 5.11 Å². The van der Waals surface area contributed by atoms with Crippen LogP contribution in [0.5, 0.6) is 5.75 Å². The predicted molar refractivity (Wildman–Crippen MR) is 162 cm³/mol. The maximum absolute atomic E-state index is 15.7. The lowest BCUT2D eigenvalue weighted by Gasteiger charge is -2.40. The van der Waals surface area contributed by atoms with Gasteiger partial charge in [-0.2, -0.15) is 0 Å². The molecule has 0 aliphatic carbocycles. The molecule has 3 aliphatic rings. The molecule has 0 saturated carbocycles. The number of fused-ring (bicyclic) bond motifs is 1. The van der Waals surface area contributed by atoms with Crippen LogP contribution in [-0.2, 0) is 10.3 Å². The molecule has 1 saturated heterocycles. The summed E-state index contributed by atoms with van der Waals surface area (Å²) in [7, 11) is 1.65. The number of methoxy groups -OCH3 is 1. The summed E-state index contributed by atoms with van der Waals surface area (Å²) >= 11 is 0. The Morgan fingerprint density at radius 1 is 0.976 bits per heavy atom. The predicted octanol–water partition coefficient (Wildman–Crippen LogP) is 4.53. The fourth-order valence-electron chi connectivity index (χ4n) is 6.39. The molecule has 218 valence electrons. The molecule has 3 aliphatic heterocycles. The van der Waals surface area contributed by atoms with Crippen molar-refractivity contribution in [3.63, 3.8) is 0 Å². The monoisotopic (exact) mass is 569 g/mol. The SMILES string of the molecule is CC[C@]1(CO)O[C@@H](N2C=NC3C(NC(c4ccccc4)(c4ccccc4)c4ccc(OC)cc4)=NC=NC32)[C@H](F)[C@@H]1C. The molecule has 3 aromatic carbocycles. The van der Waals surface area contributed by atoms with Crippen molar-refractivity contribution in [2.45, 2.75) is 56.0 Å². The average molecular weight is 570 g/mol. The normalized spacial score (nSPS) is 28.5. The number of alkyl halides is 1. The third-order valence-corrected chi connectivity index (χ3v) is 8.99. The number of benzene rings is 3. The van der Waals surface area contributed by atoms with Crippen LogP contribution in [0.4, 0.5) is 4.39 Å². The highest BCUT2D eigenvalue weighted by molar-refractivity contribution is 5.98. The van der Waals surface area contributed by atoms with Crippen LogP contribution < -0.4 is 10.1 Å². The second-order valence-electron chi connectivity index (χ2n) is 11.0. The minimum absolute atomic E-state index is 0.253. The quantitative estimate of drug-likeness (QED) is 0.389. The van der Waals surface area contributed by atoms with Crippen LogP contribution in [0.25, 0.3) is 0 Å². The van der Waals surface area contributed by atoms with Crippen molar-refractivity contribution in [2.75, 3.05) is 13.7 Å². The molecule has 2 N–H and O–H groups in total. The maximum Gasteiger partial charge on any atom is 0.165 e. The van der Waals surface area contributed by atoms with Crippen LogP contribution in [0.3, 0.4) is 0 Å². The molecule has 1 fully saturated rings. The van der Waals surface area contributed by atoms with Gasteiger partial charge in [0.05, 0.1) is 25.7 Å². The topological polar surface area (TPSA) is 91.0 Å². The van der Waals surface area contributed by atoms with E-state index >= 15 is 4.39 Å². The standard InChI is InChI=1S/C33H36FN5O3/c1-4-32(19-40)22(2)27(34)31(42-32)39-21-37-28-29(35-20-36-30(28)39)38-33(23-11-7-5-8-12-23,24-13-9-6-10-14-24)25-15-17-26(41-3)18-16-25/h5-18,20-22,27-28,30-31,40H,4,19H2,1-3H3,(H,35,36,38)/t22-,27+,28?,30?,31+,32+/m0/s1. The Hall–Kier alpha value is -4.08. The third-order valence-electron chi connectivity index (χ3n) is 8.99. The van der Waals surface area contributed by atoms with E-state index in [1.54, 1.807) is 25.3 Å². The molecule has 6 rings (SSSR count). The summed E-state index contributed by atoms with van der Waals surface area (Å²) in [6.07, 6.45) is 0.827. The van der Waals surface area contributed by atoms with Gasteiger partial charge in [-0.05, 0) is 35.2 Å². The van der Waals surface area contributed by atoms with Gasteiger partial charge in [0, 0.05) is 5.92 Å². The molecule has 0 bridgehead atoms. The van der Waals surface area contributed by atoms with Crippen LogP contribution in [0.2, 0.25) is 0 Å². The number of nitrogens with zero attached hydrogens (tertiary/aromatic N) is 4. The van der Waals surface area contributed by atoms with Gasteiger partial charge in [0.25, 0.3) is 0 Å². The first kappa shape index (κ1) is 28.1. The van der Waals surface area contributed by atoms with Gasteiger partial charge >= 0.3 is 0 Å². The smallest absolute Gasteiger partial charge is 0.165 e. The molecular formula is C33H36FN5O3. The summed E-state index contributed by atoms with van der Waals surface area (Å²) in [6, 6.07) is 27.9. The summed E-state index contributed by atoms with van der Waals surface area (Å²) in [4.78, 5) is 15.8. The molecule has 0 amide bonds. The number of hydrogen-bond acceptors (Lipinski definition) is 8. The van der Waals surface area contributed by atoms with Gasteiger partial charge in [0.1, 0.15) is 29.5 Å². The Morgan fingerprint density at radius 3 is 2.14 bits per heavy atom. The van der Waals surface area contributed by atoms with Gasteiger partial charge in [-0.15, -0.1) is 0 Å². The van der Waals surface area contributed by atoms with Gasteiger partial charge in [0.15, 0.2) is 18.6 Å². The van der Waals surface area contributed by atoms with Crippen molar-refractivity contribution < 1.29 is 19.0 Å². The van der Waals surface area contributed by atoms with Crippen molar-refractivity contribution in [3.8, 4) is 5.75 Å². The number of ether oxygens (including phenoxy) is 2. The summed E-state index contributed by atoms with van der Waals surface area (Å²) in [5.41, 5.74) is 1.20. The zero-order valence-electron chi connectivity index (χ0n) is 24.0. The van der Waals surface area contributed by atoms with Crippen molar-refractivity contribution in [2.24, 2.45) is 20.9 Å². The lowest BCUT2D eigenvalue weighted by molar-refractivity contribution is -0.128. The zero-order valence-corrected chi connectivity index (χ0v) is 24.0. The van der Waals surface area contributed by atoms with Crippen LogP contribution >= 0.6 is 0 Å². The van der Waals surface area contributed by atoms with E-state index in [-0.39, 0.29) is 6.61 Å². The molecule has 8 nitrogen and oxygen atoms in total. The molecule has 6 atom stereocenters. The van der Waals surface area contributed by atoms with Crippen molar-refractivity contribution in [1.29, 1.82) is 0 Å². The molecule has 3 heterocycles. The first-order valence-electron chi connectivity index (χ1n) is 14.3. The van der Waals surface area contributed by atoms with E-state index in [1.807, 2.05) is 67.6 Å². The fourth-order valence-corrected chi connectivity index (χ4v) is 6.39. The summed E-state index contributed by atoms with van der Waals surface area (Å²) in [5.74, 6) is 0.870. The molecule has 3 aromatic rings. The fraction of sp³-hybridized carbons (Fsp3) is 0.364. The summed E-state index contributed by atoms with van der Waals surface area (Å²) in [6.45, 7) is 3.44. The zero-order chi connectivity index (χ0) is 29.3. The first-order chi connectivity index (χ1) is 20.5. The van der Waals surface area contributed by atoms with E-state index in [1.165, 1.54) is 6.34 Å². The number of halogens is 1. The van der Waals surface area contributed by atoms with Crippen LogP contribution in [0, 0.1) is 5.92 Å². The Balaban J connectivity index is 1.40. The highest BCUT2D eigenvalue weighted by Crippen LogP contribution is 2.43. The van der Waals surface area contributed by atoms with Gasteiger partial charge in [-0.3, -0.25) is 4.99 Å². The van der Waals surface area contributed by atoms with E-state index in [2.05, 4.69) is 34.6 Å². The molecule has 42 heavy (non-hydrogen) atoms. The highest BCUT2D eigenvalue weighted by atomic mass is 19.1. The molecular weight excluding hydrogens is 533 g/mol. The lowest BCUT2D eigenvalue weighted by atomic mass is 9.76. The summed E-state index contributed by atoms with van der Waals surface area (Å²) in [5, 5.41) is 13.9. The Labute approximate surface area is 245 Å². The minimum atomic E-state index is -1.32. The van der Waals surface area contributed by atoms with E-state index in [4.69, 9.17) is 19.5 Å². The van der Waals surface area contributed by atoms with Gasteiger partial charge < -0.3 is 24.8 Å². The van der Waals surface area contributed by atoms with Crippen molar-refractivity contribution >= 4 is 18.5 Å². The number of hydrogen-bond donors (Lipinski definition) is 2. The number of amidine groups is 1. The second kappa shape index (κ2) is 11.3. The second-order valence-corrected chi connectivity index (χ2v) is 11.0. The molecule has 9 heteroatoms. The van der Waals surface area contributed by atoms with E-state index < -0.39 is 41.7 Å². The Morgan fingerprint density at radius 2 is 1.60 bits per heavy atom. The minimum Gasteiger partial charge on any atom is -0.497 e. The van der Waals surface area contributed by atoms with E-state index in [0.717, 1.165) is 22.4 Å². The van der Waals surface area contributed by atoms with Crippen LogP contribution in [-0.4, -0.2) is 72.4 Å². The number of aliphatic imine (C=N–C) groups is 3. The Kier molecular flexibility index (Phi) is 7.55. The van der Waals surface area contributed by atoms with Gasteiger partial charge in [0.2, 0.25) is 0 Å². The number of rotatable bonds is 8.